The molecule has 1 atom stereocenters. The topological polar surface area (TPSA) is 60.2 Å². The molecule has 0 aliphatic heterocycles. The molecule has 2 heterocycles. The molecule has 29 heavy (non-hydrogen) atoms. The van der Waals surface area contributed by atoms with Crippen LogP contribution < -0.4 is 4.74 Å². The van der Waals surface area contributed by atoms with Crippen molar-refractivity contribution in [3.05, 3.63) is 52.8 Å². The summed E-state index contributed by atoms with van der Waals surface area (Å²) in [4.78, 5) is 20.4. The second kappa shape index (κ2) is 7.50. The summed E-state index contributed by atoms with van der Waals surface area (Å²) in [5.41, 5.74) is 4.21. The number of ether oxygens (including phenoxy) is 1. The molecular weight excluding hydrogens is 364 g/mol. The molecule has 3 aromatic rings. The number of hydrogen-bond donors (Lipinski definition) is 0. The molecule has 0 saturated heterocycles. The lowest BCUT2D eigenvalue weighted by molar-refractivity contribution is 0.0656. The summed E-state index contributed by atoms with van der Waals surface area (Å²) >= 11 is 0. The molecule has 4 rings (SSSR count). The van der Waals surface area contributed by atoms with Crippen LogP contribution in [-0.4, -0.2) is 38.7 Å². The number of rotatable bonds is 6. The van der Waals surface area contributed by atoms with E-state index in [-0.39, 0.29) is 11.9 Å². The largest absolute Gasteiger partial charge is 0.497 e. The molecule has 1 aromatic carbocycles. The summed E-state index contributed by atoms with van der Waals surface area (Å²) < 4.78 is 7.02. The number of methoxy groups -OCH3 is 1. The number of aromatic nitrogens is 3. The molecule has 1 amide bonds. The molecule has 1 unspecified atom stereocenters. The number of amides is 1. The molecule has 0 spiro atoms. The van der Waals surface area contributed by atoms with Crippen LogP contribution in [0.15, 0.2) is 30.3 Å². The van der Waals surface area contributed by atoms with Gasteiger partial charge in [0.1, 0.15) is 5.75 Å². The van der Waals surface area contributed by atoms with Crippen LogP contribution >= 0.6 is 0 Å². The van der Waals surface area contributed by atoms with Crippen LogP contribution in [0.4, 0.5) is 0 Å². The normalized spacial score (nSPS) is 14.8. The van der Waals surface area contributed by atoms with E-state index >= 15 is 0 Å². The van der Waals surface area contributed by atoms with Gasteiger partial charge in [-0.1, -0.05) is 12.1 Å². The van der Waals surface area contributed by atoms with Gasteiger partial charge in [-0.3, -0.25) is 9.48 Å². The number of carbonyl (C=O) groups excluding carboxylic acids is 1. The Labute approximate surface area is 171 Å². The molecule has 0 bridgehead atoms. The number of hydrogen-bond acceptors (Lipinski definition) is 4. The first-order valence-corrected chi connectivity index (χ1v) is 10.1. The predicted octanol–water partition coefficient (Wildman–Crippen LogP) is 4.03. The highest BCUT2D eigenvalue weighted by Crippen LogP contribution is 2.37. The number of fused-ring (bicyclic) bond motifs is 1. The van der Waals surface area contributed by atoms with Crippen molar-refractivity contribution in [1.29, 1.82) is 0 Å². The van der Waals surface area contributed by atoms with Crippen LogP contribution in [0.2, 0.25) is 0 Å². The minimum atomic E-state index is 0.0480. The first kappa shape index (κ1) is 19.4. The third-order valence-corrected chi connectivity index (χ3v) is 5.90. The third-order valence-electron chi connectivity index (χ3n) is 5.90. The third kappa shape index (κ3) is 3.71. The fourth-order valence-electron chi connectivity index (χ4n) is 4.05. The van der Waals surface area contributed by atoms with Crippen molar-refractivity contribution in [3.8, 4) is 5.75 Å². The maximum Gasteiger partial charge on any atom is 0.255 e. The quantitative estimate of drug-likeness (QED) is 0.635. The molecule has 152 valence electrons. The van der Waals surface area contributed by atoms with E-state index in [1.165, 1.54) is 12.8 Å². The maximum atomic E-state index is 13.8. The number of benzene rings is 1. The standard InChI is InChI=1S/C23H28N4O2/c1-14-12-20(21-15(2)25-26(4)22(21)24-14)23(28)27(16(3)18-8-9-18)13-17-6-10-19(29-5)11-7-17/h6-7,10-12,16,18H,8-9,13H2,1-5H3. The highest BCUT2D eigenvalue weighted by molar-refractivity contribution is 6.06. The van der Waals surface area contributed by atoms with Gasteiger partial charge in [0.15, 0.2) is 5.65 Å². The fraction of sp³-hybridized carbons (Fsp3) is 0.435. The second-order valence-electron chi connectivity index (χ2n) is 8.08. The highest BCUT2D eigenvalue weighted by Gasteiger charge is 2.35. The first-order valence-electron chi connectivity index (χ1n) is 10.1. The van der Waals surface area contributed by atoms with Crippen LogP contribution in [0.5, 0.6) is 5.75 Å². The van der Waals surface area contributed by atoms with Crippen molar-refractivity contribution >= 4 is 16.9 Å². The van der Waals surface area contributed by atoms with Crippen LogP contribution in [0.3, 0.4) is 0 Å². The summed E-state index contributed by atoms with van der Waals surface area (Å²) in [5.74, 6) is 1.44. The van der Waals surface area contributed by atoms with Crippen LogP contribution in [0, 0.1) is 19.8 Å². The molecule has 1 saturated carbocycles. The Morgan fingerprint density at radius 2 is 1.97 bits per heavy atom. The minimum absolute atomic E-state index is 0.0480. The van der Waals surface area contributed by atoms with E-state index in [9.17, 15) is 4.79 Å². The van der Waals surface area contributed by atoms with Gasteiger partial charge < -0.3 is 9.64 Å². The molecule has 6 heteroatoms. The van der Waals surface area contributed by atoms with Crippen LogP contribution in [0.25, 0.3) is 11.0 Å². The van der Waals surface area contributed by atoms with Gasteiger partial charge in [-0.15, -0.1) is 0 Å². The molecule has 1 aliphatic carbocycles. The fourth-order valence-corrected chi connectivity index (χ4v) is 4.05. The zero-order valence-electron chi connectivity index (χ0n) is 17.8. The Balaban J connectivity index is 1.74. The Kier molecular flexibility index (Phi) is 5.03. The van der Waals surface area contributed by atoms with Crippen molar-refractivity contribution in [1.82, 2.24) is 19.7 Å². The van der Waals surface area contributed by atoms with Crippen LogP contribution in [0.1, 0.15) is 47.1 Å². The summed E-state index contributed by atoms with van der Waals surface area (Å²) in [5, 5.41) is 5.35. The van der Waals surface area contributed by atoms with Crippen molar-refractivity contribution in [2.45, 2.75) is 46.2 Å². The number of pyridine rings is 1. The molecular formula is C23H28N4O2. The van der Waals surface area contributed by atoms with Gasteiger partial charge >= 0.3 is 0 Å². The Morgan fingerprint density at radius 3 is 2.59 bits per heavy atom. The molecule has 0 radical (unpaired) electrons. The van der Waals surface area contributed by atoms with Crippen LogP contribution in [-0.2, 0) is 13.6 Å². The van der Waals surface area contributed by atoms with E-state index in [1.54, 1.807) is 11.8 Å². The zero-order valence-corrected chi connectivity index (χ0v) is 17.8. The number of carbonyl (C=O) groups is 1. The lowest BCUT2D eigenvalue weighted by atomic mass is 10.0. The van der Waals surface area contributed by atoms with E-state index in [2.05, 4.69) is 17.0 Å². The Morgan fingerprint density at radius 1 is 1.28 bits per heavy atom. The van der Waals surface area contributed by atoms with Gasteiger partial charge in [0.05, 0.1) is 23.8 Å². The van der Waals surface area contributed by atoms with Crippen molar-refractivity contribution in [2.24, 2.45) is 13.0 Å². The summed E-state index contributed by atoms with van der Waals surface area (Å²) in [6, 6.07) is 10.0. The van der Waals surface area contributed by atoms with E-state index in [4.69, 9.17) is 4.74 Å². The lowest BCUT2D eigenvalue weighted by Crippen LogP contribution is -2.39. The van der Waals surface area contributed by atoms with Gasteiger partial charge in [-0.25, -0.2) is 4.98 Å². The predicted molar refractivity (Wildman–Crippen MR) is 113 cm³/mol. The van der Waals surface area contributed by atoms with Gasteiger partial charge in [0.25, 0.3) is 5.91 Å². The summed E-state index contributed by atoms with van der Waals surface area (Å²) in [7, 11) is 3.53. The second-order valence-corrected chi connectivity index (χ2v) is 8.08. The van der Waals surface area contributed by atoms with Gasteiger partial charge in [-0.2, -0.15) is 5.10 Å². The lowest BCUT2D eigenvalue weighted by Gasteiger charge is -2.30. The number of aryl methyl sites for hydroxylation is 3. The van der Waals surface area contributed by atoms with Crippen molar-refractivity contribution in [3.63, 3.8) is 0 Å². The average molecular weight is 393 g/mol. The summed E-state index contributed by atoms with van der Waals surface area (Å²) in [6.07, 6.45) is 2.37. The van der Waals surface area contributed by atoms with E-state index in [0.717, 1.165) is 33.7 Å². The van der Waals surface area contributed by atoms with Gasteiger partial charge in [0, 0.05) is 25.3 Å². The SMILES string of the molecule is COc1ccc(CN(C(=O)c2cc(C)nc3c2c(C)nn3C)C(C)C2CC2)cc1. The molecule has 2 aromatic heterocycles. The molecule has 0 N–H and O–H groups in total. The van der Waals surface area contributed by atoms with E-state index < -0.39 is 0 Å². The molecule has 1 aliphatic rings. The highest BCUT2D eigenvalue weighted by atomic mass is 16.5. The maximum absolute atomic E-state index is 13.8. The zero-order chi connectivity index (χ0) is 20.7. The van der Waals surface area contributed by atoms with Gasteiger partial charge in [-0.05, 0) is 63.3 Å². The number of nitrogens with zero attached hydrogens (tertiary/aromatic N) is 4. The Bertz CT molecular complexity index is 1050. The average Bonchev–Trinajstić information content (AvgIpc) is 3.52. The van der Waals surface area contributed by atoms with E-state index in [0.29, 0.717) is 18.0 Å². The summed E-state index contributed by atoms with van der Waals surface area (Å²) in [6.45, 7) is 6.61. The first-order chi connectivity index (χ1) is 13.9. The molecule has 6 nitrogen and oxygen atoms in total. The monoisotopic (exact) mass is 392 g/mol. The van der Waals surface area contributed by atoms with E-state index in [1.807, 2.05) is 56.1 Å². The smallest absolute Gasteiger partial charge is 0.255 e. The minimum Gasteiger partial charge on any atom is -0.497 e. The van der Waals surface area contributed by atoms with Gasteiger partial charge in [0.2, 0.25) is 0 Å². The molecule has 1 fully saturated rings. The van der Waals surface area contributed by atoms with Crippen molar-refractivity contribution in [2.75, 3.05) is 7.11 Å². The van der Waals surface area contributed by atoms with Crippen molar-refractivity contribution < 1.29 is 9.53 Å². The Hall–Kier alpha value is -2.89.